The number of carbonyl (C=O) groups is 2. The molecule has 0 unspecified atom stereocenters. The van der Waals surface area contributed by atoms with Crippen LogP contribution >= 0.6 is 22.9 Å². The van der Waals surface area contributed by atoms with E-state index in [0.29, 0.717) is 41.8 Å². The van der Waals surface area contributed by atoms with Gasteiger partial charge in [-0.3, -0.25) is 9.59 Å². The van der Waals surface area contributed by atoms with Gasteiger partial charge in [0.05, 0.1) is 13.2 Å². The molecule has 0 fully saturated rings. The van der Waals surface area contributed by atoms with Crippen molar-refractivity contribution in [2.75, 3.05) is 33.4 Å². The summed E-state index contributed by atoms with van der Waals surface area (Å²) in [5.41, 5.74) is 1.59. The molecule has 2 heterocycles. The summed E-state index contributed by atoms with van der Waals surface area (Å²) >= 11 is 7.86. The molecule has 196 valence electrons. The van der Waals surface area contributed by atoms with Crippen LogP contribution in [-0.4, -0.2) is 55.0 Å². The van der Waals surface area contributed by atoms with Crippen LogP contribution in [0.3, 0.4) is 0 Å². The third-order valence-corrected chi connectivity index (χ3v) is 8.03. The van der Waals surface area contributed by atoms with Gasteiger partial charge in [-0.1, -0.05) is 50.1 Å². The number of thiophene rings is 1. The zero-order valence-electron chi connectivity index (χ0n) is 21.5. The summed E-state index contributed by atoms with van der Waals surface area (Å²) in [5.74, 6) is 1.25. The molecule has 6 nitrogen and oxygen atoms in total. The Kier molecular flexibility index (Phi) is 9.11. The van der Waals surface area contributed by atoms with Gasteiger partial charge in [-0.25, -0.2) is 0 Å². The molecule has 37 heavy (non-hydrogen) atoms. The fourth-order valence-corrected chi connectivity index (χ4v) is 5.68. The monoisotopic (exact) mass is 540 g/mol. The first-order valence-corrected chi connectivity index (χ1v) is 13.8. The van der Waals surface area contributed by atoms with E-state index < -0.39 is 0 Å². The van der Waals surface area contributed by atoms with Crippen LogP contribution in [-0.2, 0) is 11.2 Å². The summed E-state index contributed by atoms with van der Waals surface area (Å²) in [4.78, 5) is 32.0. The molecule has 0 saturated heterocycles. The number of carbonyl (C=O) groups excluding carboxylic acids is 2. The van der Waals surface area contributed by atoms with E-state index in [2.05, 4.69) is 25.3 Å². The number of ether oxygens (including phenoxy) is 2. The van der Waals surface area contributed by atoms with Gasteiger partial charge >= 0.3 is 0 Å². The van der Waals surface area contributed by atoms with Gasteiger partial charge < -0.3 is 19.3 Å². The zero-order chi connectivity index (χ0) is 26.4. The number of rotatable bonds is 10. The molecule has 8 heteroatoms. The Morgan fingerprint density at radius 3 is 2.68 bits per heavy atom. The quantitative estimate of drug-likeness (QED) is 0.311. The highest BCUT2D eigenvalue weighted by molar-refractivity contribution is 7.10. The highest BCUT2D eigenvalue weighted by atomic mass is 35.5. The fourth-order valence-electron chi connectivity index (χ4n) is 4.56. The van der Waals surface area contributed by atoms with Crippen molar-refractivity contribution in [3.63, 3.8) is 0 Å². The highest BCUT2D eigenvalue weighted by Gasteiger charge is 2.34. The second kappa shape index (κ2) is 12.5. The Hall–Kier alpha value is -3.03. The van der Waals surface area contributed by atoms with Crippen molar-refractivity contribution < 1.29 is 19.1 Å². The predicted octanol–water partition coefficient (Wildman–Crippen LogP) is 6.10. The van der Waals surface area contributed by atoms with E-state index in [1.54, 1.807) is 47.6 Å². The van der Waals surface area contributed by atoms with Gasteiger partial charge in [-0.15, -0.1) is 11.3 Å². The number of halogens is 1. The number of para-hydroxylation sites is 2. The van der Waals surface area contributed by atoms with E-state index in [0.717, 1.165) is 18.4 Å². The smallest absolute Gasteiger partial charge is 0.254 e. The van der Waals surface area contributed by atoms with Crippen molar-refractivity contribution in [1.29, 1.82) is 0 Å². The van der Waals surface area contributed by atoms with Crippen molar-refractivity contribution in [3.8, 4) is 11.5 Å². The molecule has 1 aliphatic heterocycles. The maximum absolute atomic E-state index is 13.8. The average Bonchev–Trinajstić information content (AvgIpc) is 3.40. The summed E-state index contributed by atoms with van der Waals surface area (Å²) in [5, 5.41) is 2.56. The number of hydrogen-bond acceptors (Lipinski definition) is 5. The first-order valence-electron chi connectivity index (χ1n) is 12.6. The van der Waals surface area contributed by atoms with Crippen molar-refractivity contribution in [1.82, 2.24) is 9.80 Å². The second-order valence-electron chi connectivity index (χ2n) is 9.32. The summed E-state index contributed by atoms with van der Waals surface area (Å²) < 4.78 is 11.6. The molecule has 0 bridgehead atoms. The third kappa shape index (κ3) is 6.46. The number of methoxy groups -OCH3 is 1. The number of nitrogens with zero attached hydrogens (tertiary/aromatic N) is 2. The lowest BCUT2D eigenvalue weighted by atomic mass is 10.00. The molecule has 1 aromatic heterocycles. The second-order valence-corrected chi connectivity index (χ2v) is 10.8. The van der Waals surface area contributed by atoms with Crippen molar-refractivity contribution in [3.05, 3.63) is 81.0 Å². The normalized spacial score (nSPS) is 15.6. The summed E-state index contributed by atoms with van der Waals surface area (Å²) in [6.07, 6.45) is 1.70. The van der Waals surface area contributed by atoms with Crippen molar-refractivity contribution >= 4 is 34.8 Å². The molecule has 2 aromatic carbocycles. The zero-order valence-corrected chi connectivity index (χ0v) is 23.1. The van der Waals surface area contributed by atoms with Crippen LogP contribution in [0.5, 0.6) is 11.5 Å². The number of benzene rings is 2. The lowest BCUT2D eigenvalue weighted by Crippen LogP contribution is -2.48. The van der Waals surface area contributed by atoms with Gasteiger partial charge in [0.15, 0.2) is 11.5 Å². The van der Waals surface area contributed by atoms with E-state index in [1.807, 2.05) is 29.2 Å². The van der Waals surface area contributed by atoms with Gasteiger partial charge in [0.25, 0.3) is 5.91 Å². The van der Waals surface area contributed by atoms with Crippen LogP contribution in [0.1, 0.15) is 47.1 Å². The fraction of sp³-hybridized carbons (Fsp3) is 0.379. The Morgan fingerprint density at radius 1 is 1.16 bits per heavy atom. The maximum Gasteiger partial charge on any atom is 0.254 e. The Labute approximate surface area is 227 Å². The Bertz CT molecular complexity index is 1230. The molecular weight excluding hydrogens is 508 g/mol. The molecule has 1 aliphatic rings. The SMILES string of the molecule is CC[C@H](C)CN(CC(=O)N1CCc2sccc2[C@@H]1COc1ccccc1OC)C(=O)c1cccc(Cl)c1. The summed E-state index contributed by atoms with van der Waals surface area (Å²) in [7, 11) is 1.61. The predicted molar refractivity (Wildman–Crippen MR) is 148 cm³/mol. The maximum atomic E-state index is 13.8. The minimum absolute atomic E-state index is 0.000313. The Morgan fingerprint density at radius 2 is 1.95 bits per heavy atom. The minimum Gasteiger partial charge on any atom is -0.493 e. The van der Waals surface area contributed by atoms with Gasteiger partial charge in [-0.05, 0) is 59.7 Å². The molecule has 4 rings (SSSR count). The average molecular weight is 541 g/mol. The molecule has 2 atom stereocenters. The summed E-state index contributed by atoms with van der Waals surface area (Å²) in [6, 6.07) is 16.2. The van der Waals surface area contributed by atoms with Crippen LogP contribution in [0, 0.1) is 5.92 Å². The topological polar surface area (TPSA) is 59.1 Å². The lowest BCUT2D eigenvalue weighted by molar-refractivity contribution is -0.135. The number of hydrogen-bond donors (Lipinski definition) is 0. The molecule has 0 radical (unpaired) electrons. The van der Waals surface area contributed by atoms with E-state index >= 15 is 0 Å². The minimum atomic E-state index is -0.251. The van der Waals surface area contributed by atoms with Gasteiger partial charge in [-0.2, -0.15) is 0 Å². The van der Waals surface area contributed by atoms with Crippen molar-refractivity contribution in [2.45, 2.75) is 32.7 Å². The van der Waals surface area contributed by atoms with Crippen molar-refractivity contribution in [2.24, 2.45) is 5.92 Å². The van der Waals surface area contributed by atoms with E-state index in [4.69, 9.17) is 21.1 Å². The first kappa shape index (κ1) is 27.0. The highest BCUT2D eigenvalue weighted by Crippen LogP contribution is 2.35. The van der Waals surface area contributed by atoms with Crippen LogP contribution in [0.25, 0.3) is 0 Å². The van der Waals surface area contributed by atoms with Crippen LogP contribution in [0.4, 0.5) is 0 Å². The standard InChI is InChI=1S/C29H33ClN2O4S/c1-4-20(2)17-31(29(34)21-8-7-9-22(30)16-21)18-28(33)32-14-12-27-23(13-15-37-27)24(32)19-36-26-11-6-5-10-25(26)35-3/h5-11,13,15-16,20,24H,4,12,14,17-19H2,1-3H3/t20-,24-/m0/s1. The summed E-state index contributed by atoms with van der Waals surface area (Å²) in [6.45, 7) is 5.54. The molecule has 3 aromatic rings. The lowest BCUT2D eigenvalue weighted by Gasteiger charge is -2.37. The van der Waals surface area contributed by atoms with E-state index in [-0.39, 0.29) is 30.3 Å². The largest absolute Gasteiger partial charge is 0.493 e. The third-order valence-electron chi connectivity index (χ3n) is 6.79. The van der Waals surface area contributed by atoms with Crippen LogP contribution in [0.2, 0.25) is 5.02 Å². The van der Waals surface area contributed by atoms with Crippen LogP contribution < -0.4 is 9.47 Å². The molecular formula is C29H33ClN2O4S. The van der Waals surface area contributed by atoms with Gasteiger partial charge in [0.1, 0.15) is 13.2 Å². The van der Waals surface area contributed by atoms with Gasteiger partial charge in [0.2, 0.25) is 5.91 Å². The van der Waals surface area contributed by atoms with E-state index in [1.165, 1.54) is 4.88 Å². The molecule has 2 amide bonds. The van der Waals surface area contributed by atoms with E-state index in [9.17, 15) is 9.59 Å². The number of fused-ring (bicyclic) bond motifs is 1. The Balaban J connectivity index is 1.56. The molecule has 0 N–H and O–H groups in total. The molecule has 0 spiro atoms. The molecule has 0 aliphatic carbocycles. The van der Waals surface area contributed by atoms with Crippen LogP contribution in [0.15, 0.2) is 60.0 Å². The number of amides is 2. The first-order chi connectivity index (χ1) is 17.9. The van der Waals surface area contributed by atoms with Gasteiger partial charge in [0, 0.05) is 28.6 Å². The molecule has 0 saturated carbocycles.